The Bertz CT molecular complexity index is 408. The van der Waals surface area contributed by atoms with E-state index in [1.807, 2.05) is 18.2 Å². The molecule has 1 atom stereocenters. The van der Waals surface area contributed by atoms with Crippen LogP contribution in [0.3, 0.4) is 0 Å². The number of benzene rings is 1. The maximum atomic E-state index is 11.8. The standard InChI is InChI=1S/C13H17NO4/c1-16-8-4-7-14-13(15)12-9-17-10-5-2-3-6-11(10)18-12/h2-3,5-6,12H,4,7-9H2,1H3,(H,14,15)/t12-/m1/s1. The zero-order valence-corrected chi connectivity index (χ0v) is 10.3. The molecule has 1 N–H and O–H groups in total. The number of hydrogen-bond donors (Lipinski definition) is 1. The van der Waals surface area contributed by atoms with E-state index in [9.17, 15) is 4.79 Å². The third-order valence-corrected chi connectivity index (χ3v) is 2.63. The molecule has 0 aromatic heterocycles. The van der Waals surface area contributed by atoms with Crippen molar-refractivity contribution in [3.8, 4) is 11.5 Å². The second-order valence-electron chi connectivity index (χ2n) is 4.00. The first-order valence-corrected chi connectivity index (χ1v) is 5.96. The number of rotatable bonds is 5. The van der Waals surface area contributed by atoms with Crippen LogP contribution in [0.15, 0.2) is 24.3 Å². The van der Waals surface area contributed by atoms with Crippen LogP contribution >= 0.6 is 0 Å². The molecule has 1 aliphatic heterocycles. The predicted octanol–water partition coefficient (Wildman–Crippen LogP) is 0.979. The highest BCUT2D eigenvalue weighted by Gasteiger charge is 2.26. The first-order valence-electron chi connectivity index (χ1n) is 5.96. The average molecular weight is 251 g/mol. The van der Waals surface area contributed by atoms with Crippen LogP contribution < -0.4 is 14.8 Å². The lowest BCUT2D eigenvalue weighted by atomic mass is 10.2. The van der Waals surface area contributed by atoms with Gasteiger partial charge in [-0.3, -0.25) is 4.79 Å². The molecule has 0 saturated carbocycles. The molecule has 18 heavy (non-hydrogen) atoms. The van der Waals surface area contributed by atoms with Gasteiger partial charge < -0.3 is 19.5 Å². The summed E-state index contributed by atoms with van der Waals surface area (Å²) in [5, 5.41) is 2.79. The van der Waals surface area contributed by atoms with Gasteiger partial charge >= 0.3 is 0 Å². The van der Waals surface area contributed by atoms with Crippen LogP contribution in [0.25, 0.3) is 0 Å². The van der Waals surface area contributed by atoms with Crippen molar-refractivity contribution in [3.63, 3.8) is 0 Å². The van der Waals surface area contributed by atoms with E-state index in [0.717, 1.165) is 6.42 Å². The van der Waals surface area contributed by atoms with Gasteiger partial charge in [0.25, 0.3) is 5.91 Å². The normalized spacial score (nSPS) is 17.3. The molecule has 0 bridgehead atoms. The van der Waals surface area contributed by atoms with E-state index in [-0.39, 0.29) is 12.5 Å². The van der Waals surface area contributed by atoms with Gasteiger partial charge in [-0.1, -0.05) is 12.1 Å². The summed E-state index contributed by atoms with van der Waals surface area (Å²) in [5.41, 5.74) is 0. The quantitative estimate of drug-likeness (QED) is 0.793. The topological polar surface area (TPSA) is 56.8 Å². The van der Waals surface area contributed by atoms with Gasteiger partial charge in [0.1, 0.15) is 6.61 Å². The first kappa shape index (κ1) is 12.7. The molecule has 1 heterocycles. The third-order valence-electron chi connectivity index (χ3n) is 2.63. The Morgan fingerprint density at radius 1 is 1.44 bits per heavy atom. The maximum absolute atomic E-state index is 11.8. The Labute approximate surface area is 106 Å². The molecule has 98 valence electrons. The van der Waals surface area contributed by atoms with Crippen molar-refractivity contribution in [1.82, 2.24) is 5.32 Å². The minimum absolute atomic E-state index is 0.152. The van der Waals surface area contributed by atoms with Crippen LogP contribution in [-0.2, 0) is 9.53 Å². The van der Waals surface area contributed by atoms with Crippen molar-refractivity contribution >= 4 is 5.91 Å². The number of hydrogen-bond acceptors (Lipinski definition) is 4. The number of fused-ring (bicyclic) bond motifs is 1. The Hall–Kier alpha value is -1.75. The molecule has 5 heteroatoms. The summed E-state index contributed by atoms with van der Waals surface area (Å²) in [7, 11) is 1.64. The highest BCUT2D eigenvalue weighted by atomic mass is 16.6. The van der Waals surface area contributed by atoms with E-state index in [4.69, 9.17) is 14.2 Å². The van der Waals surface area contributed by atoms with Gasteiger partial charge in [0.15, 0.2) is 11.5 Å². The molecule has 1 aliphatic rings. The molecule has 1 amide bonds. The van der Waals surface area contributed by atoms with E-state index in [0.29, 0.717) is 24.7 Å². The number of amides is 1. The first-order chi connectivity index (χ1) is 8.81. The van der Waals surface area contributed by atoms with E-state index in [1.54, 1.807) is 13.2 Å². The summed E-state index contributed by atoms with van der Waals surface area (Å²) in [6, 6.07) is 7.33. The van der Waals surface area contributed by atoms with Crippen LogP contribution in [-0.4, -0.2) is 38.9 Å². The van der Waals surface area contributed by atoms with Crippen LogP contribution in [0.2, 0.25) is 0 Å². The fourth-order valence-corrected chi connectivity index (χ4v) is 1.69. The van der Waals surface area contributed by atoms with Crippen LogP contribution in [0, 0.1) is 0 Å². The molecule has 5 nitrogen and oxygen atoms in total. The van der Waals surface area contributed by atoms with E-state index in [1.165, 1.54) is 0 Å². The largest absolute Gasteiger partial charge is 0.485 e. The fourth-order valence-electron chi connectivity index (χ4n) is 1.69. The van der Waals surface area contributed by atoms with Gasteiger partial charge in [0.05, 0.1) is 0 Å². The van der Waals surface area contributed by atoms with E-state index in [2.05, 4.69) is 5.32 Å². The van der Waals surface area contributed by atoms with Crippen molar-refractivity contribution in [3.05, 3.63) is 24.3 Å². The zero-order valence-electron chi connectivity index (χ0n) is 10.3. The Morgan fingerprint density at radius 2 is 2.22 bits per heavy atom. The van der Waals surface area contributed by atoms with Crippen LogP contribution in [0.1, 0.15) is 6.42 Å². The lowest BCUT2D eigenvalue weighted by Gasteiger charge is -2.25. The van der Waals surface area contributed by atoms with E-state index < -0.39 is 6.10 Å². The molecule has 0 saturated heterocycles. The Kier molecular flexibility index (Phi) is 4.41. The molecule has 0 spiro atoms. The summed E-state index contributed by atoms with van der Waals surface area (Å²) in [6.45, 7) is 1.45. The molecule has 0 aliphatic carbocycles. The van der Waals surface area contributed by atoms with Crippen molar-refractivity contribution in [2.45, 2.75) is 12.5 Å². The molecule has 0 unspecified atom stereocenters. The van der Waals surface area contributed by atoms with Gasteiger partial charge in [0, 0.05) is 20.3 Å². The smallest absolute Gasteiger partial charge is 0.264 e. The third kappa shape index (κ3) is 3.13. The molecule has 1 aromatic rings. The summed E-state index contributed by atoms with van der Waals surface area (Å²) in [5.74, 6) is 1.14. The second kappa shape index (κ2) is 6.26. The minimum atomic E-state index is -0.581. The number of para-hydroxylation sites is 2. The highest BCUT2D eigenvalue weighted by molar-refractivity contribution is 5.81. The molecule has 0 radical (unpaired) electrons. The summed E-state index contributed by atoms with van der Waals surface area (Å²) in [6.07, 6.45) is 0.203. The van der Waals surface area contributed by atoms with Gasteiger partial charge in [-0.25, -0.2) is 0 Å². The minimum Gasteiger partial charge on any atom is -0.485 e. The number of nitrogens with one attached hydrogen (secondary N) is 1. The van der Waals surface area contributed by atoms with Gasteiger partial charge in [-0.15, -0.1) is 0 Å². The summed E-state index contributed by atoms with van der Waals surface area (Å²) in [4.78, 5) is 11.8. The lowest BCUT2D eigenvalue weighted by Crippen LogP contribution is -2.44. The van der Waals surface area contributed by atoms with E-state index >= 15 is 0 Å². The highest BCUT2D eigenvalue weighted by Crippen LogP contribution is 2.30. The second-order valence-corrected chi connectivity index (χ2v) is 4.00. The van der Waals surface area contributed by atoms with Gasteiger partial charge in [-0.2, -0.15) is 0 Å². The monoisotopic (exact) mass is 251 g/mol. The molecule has 0 fully saturated rings. The van der Waals surface area contributed by atoms with Crippen molar-refractivity contribution in [2.24, 2.45) is 0 Å². The number of ether oxygens (including phenoxy) is 3. The molecule has 2 rings (SSSR count). The van der Waals surface area contributed by atoms with Crippen LogP contribution in [0.5, 0.6) is 11.5 Å². The zero-order chi connectivity index (χ0) is 12.8. The lowest BCUT2D eigenvalue weighted by molar-refractivity contribution is -0.130. The maximum Gasteiger partial charge on any atom is 0.264 e. The van der Waals surface area contributed by atoms with Crippen LogP contribution in [0.4, 0.5) is 0 Å². The Balaban J connectivity index is 1.83. The van der Waals surface area contributed by atoms with Crippen molar-refractivity contribution < 1.29 is 19.0 Å². The van der Waals surface area contributed by atoms with Crippen molar-refractivity contribution in [1.29, 1.82) is 0 Å². The molecular weight excluding hydrogens is 234 g/mol. The predicted molar refractivity (Wildman–Crippen MR) is 65.9 cm³/mol. The van der Waals surface area contributed by atoms with Crippen molar-refractivity contribution in [2.75, 3.05) is 26.9 Å². The SMILES string of the molecule is COCCCNC(=O)[C@H]1COc2ccccc2O1. The summed E-state index contributed by atoms with van der Waals surface area (Å²) >= 11 is 0. The molecule has 1 aromatic carbocycles. The van der Waals surface area contributed by atoms with Gasteiger partial charge in [0.2, 0.25) is 6.10 Å². The average Bonchev–Trinajstić information content (AvgIpc) is 2.43. The number of carbonyl (C=O) groups is 1. The number of carbonyl (C=O) groups excluding carboxylic acids is 1. The molecular formula is C13H17NO4. The fraction of sp³-hybridized carbons (Fsp3) is 0.462. The summed E-state index contributed by atoms with van der Waals surface area (Å²) < 4.78 is 16.0. The van der Waals surface area contributed by atoms with Gasteiger partial charge in [-0.05, 0) is 18.6 Å². The Morgan fingerprint density at radius 3 is 3.00 bits per heavy atom. The number of methoxy groups -OCH3 is 1.